The molecule has 1 fully saturated rings. The SMILES string of the molecule is C#Cc1cn2cc(NC(=O)c3ccc(N4C[C@@H](C)N(C(=O)OC(C)(C)C)[C@@H](C)C4)c4nccnc34)cc(F)c2n1. The maximum atomic E-state index is 14.6. The first kappa shape index (κ1) is 26.9. The Hall–Kier alpha value is -4.72. The molecule has 3 aromatic heterocycles. The van der Waals surface area contributed by atoms with Gasteiger partial charge in [-0.1, -0.05) is 0 Å². The monoisotopic (exact) mass is 543 g/mol. The lowest BCUT2D eigenvalue weighted by atomic mass is 10.1. The maximum absolute atomic E-state index is 14.6. The van der Waals surface area contributed by atoms with Gasteiger partial charge < -0.3 is 19.4 Å². The number of terminal acetylenes is 1. The average Bonchev–Trinajstić information content (AvgIpc) is 3.30. The van der Waals surface area contributed by atoms with Gasteiger partial charge in [0, 0.05) is 43.9 Å². The maximum Gasteiger partial charge on any atom is 0.410 e. The van der Waals surface area contributed by atoms with Gasteiger partial charge in [0.15, 0.2) is 11.5 Å². The van der Waals surface area contributed by atoms with Crippen LogP contribution in [0.4, 0.5) is 20.6 Å². The molecule has 1 aliphatic rings. The van der Waals surface area contributed by atoms with Crippen LogP contribution in [0.25, 0.3) is 16.7 Å². The molecule has 5 rings (SSSR count). The fourth-order valence-corrected chi connectivity index (χ4v) is 5.07. The molecule has 0 aliphatic carbocycles. The lowest BCUT2D eigenvalue weighted by Gasteiger charge is -2.45. The summed E-state index contributed by atoms with van der Waals surface area (Å²) < 4.78 is 21.7. The molecular formula is C29H30FN7O3. The molecule has 0 spiro atoms. The molecule has 1 aromatic carbocycles. The molecule has 0 saturated carbocycles. The summed E-state index contributed by atoms with van der Waals surface area (Å²) in [6.45, 7) is 10.6. The summed E-state index contributed by atoms with van der Waals surface area (Å²) in [6, 6.07) is 4.44. The Kier molecular flexibility index (Phi) is 6.79. The number of anilines is 2. The normalized spacial score (nSPS) is 17.6. The molecule has 0 radical (unpaired) electrons. The number of imidazole rings is 1. The summed E-state index contributed by atoms with van der Waals surface area (Å²) in [5, 5.41) is 2.74. The minimum Gasteiger partial charge on any atom is -0.444 e. The Morgan fingerprint density at radius 3 is 2.42 bits per heavy atom. The Balaban J connectivity index is 1.42. The zero-order valence-electron chi connectivity index (χ0n) is 23.0. The van der Waals surface area contributed by atoms with Crippen LogP contribution in [0.2, 0.25) is 0 Å². The highest BCUT2D eigenvalue weighted by atomic mass is 19.1. The minimum atomic E-state index is -0.618. The number of carbonyl (C=O) groups is 2. The summed E-state index contributed by atoms with van der Waals surface area (Å²) in [6.07, 6.45) is 11.2. The first-order valence-corrected chi connectivity index (χ1v) is 12.9. The number of hydrogen-bond donors (Lipinski definition) is 1. The van der Waals surface area contributed by atoms with Crippen molar-refractivity contribution in [2.24, 2.45) is 0 Å². The van der Waals surface area contributed by atoms with Crippen LogP contribution in [0.1, 0.15) is 50.7 Å². The number of amides is 2. The number of halogens is 1. The number of pyridine rings is 1. The van der Waals surface area contributed by atoms with E-state index in [-0.39, 0.29) is 40.8 Å². The van der Waals surface area contributed by atoms with Crippen molar-refractivity contribution in [2.75, 3.05) is 23.3 Å². The predicted molar refractivity (Wildman–Crippen MR) is 150 cm³/mol. The van der Waals surface area contributed by atoms with Crippen LogP contribution in [0.3, 0.4) is 0 Å². The third-order valence-corrected chi connectivity index (χ3v) is 6.62. The van der Waals surface area contributed by atoms with Crippen molar-refractivity contribution in [3.63, 3.8) is 0 Å². The van der Waals surface area contributed by atoms with E-state index in [2.05, 4.69) is 31.1 Å². The number of hydrogen-bond acceptors (Lipinski definition) is 7. The molecule has 4 heterocycles. The number of rotatable bonds is 3. The number of carbonyl (C=O) groups excluding carboxylic acids is 2. The van der Waals surface area contributed by atoms with E-state index in [4.69, 9.17) is 11.2 Å². The van der Waals surface area contributed by atoms with Gasteiger partial charge in [0.25, 0.3) is 5.91 Å². The highest BCUT2D eigenvalue weighted by Crippen LogP contribution is 2.31. The van der Waals surface area contributed by atoms with Gasteiger partial charge in [-0.15, -0.1) is 6.42 Å². The van der Waals surface area contributed by atoms with Crippen molar-refractivity contribution < 1.29 is 18.7 Å². The van der Waals surface area contributed by atoms with Crippen molar-refractivity contribution >= 4 is 40.1 Å². The van der Waals surface area contributed by atoms with Crippen molar-refractivity contribution in [2.45, 2.75) is 52.3 Å². The molecular weight excluding hydrogens is 513 g/mol. The van der Waals surface area contributed by atoms with Gasteiger partial charge in [-0.05, 0) is 52.7 Å². The Labute approximate surface area is 231 Å². The highest BCUT2D eigenvalue weighted by molar-refractivity contribution is 6.13. The van der Waals surface area contributed by atoms with Crippen LogP contribution < -0.4 is 10.2 Å². The molecule has 11 heteroatoms. The van der Waals surface area contributed by atoms with Crippen LogP contribution >= 0.6 is 0 Å². The van der Waals surface area contributed by atoms with Gasteiger partial charge in [0.1, 0.15) is 22.3 Å². The second kappa shape index (κ2) is 10.1. The topological polar surface area (TPSA) is 105 Å². The molecule has 10 nitrogen and oxygen atoms in total. The molecule has 2 atom stereocenters. The Bertz CT molecular complexity index is 1660. The summed E-state index contributed by atoms with van der Waals surface area (Å²) in [5.74, 6) is 1.29. The van der Waals surface area contributed by atoms with Gasteiger partial charge in [-0.3, -0.25) is 19.7 Å². The quantitative estimate of drug-likeness (QED) is 0.380. The Morgan fingerprint density at radius 1 is 1.10 bits per heavy atom. The van der Waals surface area contributed by atoms with E-state index in [1.165, 1.54) is 22.9 Å². The lowest BCUT2D eigenvalue weighted by molar-refractivity contribution is 0.00567. The third kappa shape index (κ3) is 5.12. The molecule has 4 aromatic rings. The van der Waals surface area contributed by atoms with E-state index in [1.54, 1.807) is 23.4 Å². The van der Waals surface area contributed by atoms with E-state index in [0.717, 1.165) is 5.69 Å². The Morgan fingerprint density at radius 2 is 1.77 bits per heavy atom. The van der Waals surface area contributed by atoms with E-state index >= 15 is 0 Å². The van der Waals surface area contributed by atoms with E-state index in [1.807, 2.05) is 40.7 Å². The fourth-order valence-electron chi connectivity index (χ4n) is 5.07. The van der Waals surface area contributed by atoms with Crippen molar-refractivity contribution in [3.05, 3.63) is 60.1 Å². The number of nitrogens with zero attached hydrogens (tertiary/aromatic N) is 6. The largest absolute Gasteiger partial charge is 0.444 e. The second-order valence-electron chi connectivity index (χ2n) is 10.9. The van der Waals surface area contributed by atoms with Gasteiger partial charge in [-0.2, -0.15) is 0 Å². The average molecular weight is 544 g/mol. The van der Waals surface area contributed by atoms with Crippen LogP contribution in [0, 0.1) is 18.2 Å². The third-order valence-electron chi connectivity index (χ3n) is 6.62. The van der Waals surface area contributed by atoms with E-state index in [9.17, 15) is 14.0 Å². The zero-order chi connectivity index (χ0) is 28.8. The minimum absolute atomic E-state index is 0.0711. The summed E-state index contributed by atoms with van der Waals surface area (Å²) in [4.78, 5) is 43.1. The zero-order valence-corrected chi connectivity index (χ0v) is 23.0. The van der Waals surface area contributed by atoms with Crippen molar-refractivity contribution in [1.82, 2.24) is 24.3 Å². The summed E-state index contributed by atoms with van der Waals surface area (Å²) >= 11 is 0. The second-order valence-corrected chi connectivity index (χ2v) is 10.9. The number of aromatic nitrogens is 4. The van der Waals surface area contributed by atoms with Gasteiger partial charge in [0.2, 0.25) is 0 Å². The molecule has 1 N–H and O–H groups in total. The summed E-state index contributed by atoms with van der Waals surface area (Å²) in [7, 11) is 0. The predicted octanol–water partition coefficient (Wildman–Crippen LogP) is 4.48. The standard InChI is InChI=1S/C29H30FN7O3/c1-7-19-15-36-16-20(12-22(30)26(36)33-19)34-27(38)21-8-9-23(25-24(21)31-10-11-32-25)35-13-17(2)37(18(3)14-35)28(39)40-29(4,5)6/h1,8-12,15-18H,13-14H2,2-6H3,(H,34,38)/t17-,18+. The van der Waals surface area contributed by atoms with Gasteiger partial charge in [0.05, 0.1) is 29.0 Å². The van der Waals surface area contributed by atoms with Crippen LogP contribution in [0.5, 0.6) is 0 Å². The number of ether oxygens (including phenoxy) is 1. The lowest BCUT2D eigenvalue weighted by Crippen LogP contribution is -2.59. The number of benzene rings is 1. The fraction of sp³-hybridized carbons (Fsp3) is 0.345. The molecule has 0 bridgehead atoms. The molecule has 40 heavy (non-hydrogen) atoms. The molecule has 2 amide bonds. The van der Waals surface area contributed by atoms with Crippen LogP contribution in [-0.2, 0) is 4.74 Å². The molecule has 1 aliphatic heterocycles. The highest BCUT2D eigenvalue weighted by Gasteiger charge is 2.36. The molecule has 206 valence electrons. The number of nitrogens with one attached hydrogen (secondary N) is 1. The first-order chi connectivity index (χ1) is 18.9. The number of fused-ring (bicyclic) bond motifs is 2. The summed E-state index contributed by atoms with van der Waals surface area (Å²) in [5.41, 5.74) is 2.05. The molecule has 0 unspecified atom stereocenters. The first-order valence-electron chi connectivity index (χ1n) is 12.9. The van der Waals surface area contributed by atoms with Crippen LogP contribution in [0.15, 0.2) is 43.0 Å². The van der Waals surface area contributed by atoms with Crippen molar-refractivity contribution in [1.29, 1.82) is 0 Å². The smallest absolute Gasteiger partial charge is 0.410 e. The van der Waals surface area contributed by atoms with Gasteiger partial charge in [-0.25, -0.2) is 14.2 Å². The molecule has 1 saturated heterocycles. The van der Waals surface area contributed by atoms with Crippen LogP contribution in [-0.4, -0.2) is 67.0 Å². The van der Waals surface area contributed by atoms with Gasteiger partial charge >= 0.3 is 6.09 Å². The van der Waals surface area contributed by atoms with E-state index in [0.29, 0.717) is 24.1 Å². The van der Waals surface area contributed by atoms with Crippen molar-refractivity contribution in [3.8, 4) is 12.3 Å². The number of piperazine rings is 1. The van der Waals surface area contributed by atoms with E-state index < -0.39 is 17.3 Å².